The fourth-order valence-corrected chi connectivity index (χ4v) is 4.40. The third kappa shape index (κ3) is 5.36. The van der Waals surface area contributed by atoms with E-state index in [0.29, 0.717) is 5.69 Å². The van der Waals surface area contributed by atoms with E-state index in [-0.39, 0.29) is 18.5 Å². The van der Waals surface area contributed by atoms with Gasteiger partial charge in [0.2, 0.25) is 5.91 Å². The summed E-state index contributed by atoms with van der Waals surface area (Å²) in [6.07, 6.45) is 0. The Morgan fingerprint density at radius 1 is 0.966 bits per heavy atom. The molecule has 29 heavy (non-hydrogen) atoms. The monoisotopic (exact) mass is 417 g/mol. The van der Waals surface area contributed by atoms with Crippen molar-refractivity contribution in [3.05, 3.63) is 64.2 Å². The first-order valence-corrected chi connectivity index (χ1v) is 11.0. The van der Waals surface area contributed by atoms with Crippen LogP contribution in [0.4, 0.5) is 5.69 Å². The summed E-state index contributed by atoms with van der Waals surface area (Å²) in [6, 6.07) is 11.4. The van der Waals surface area contributed by atoms with Crippen LogP contribution in [0, 0.1) is 27.7 Å². The van der Waals surface area contributed by atoms with Crippen molar-refractivity contribution in [2.24, 2.45) is 0 Å². The van der Waals surface area contributed by atoms with Crippen molar-refractivity contribution < 1.29 is 13.2 Å². The van der Waals surface area contributed by atoms with E-state index in [4.69, 9.17) is 0 Å². The molecule has 0 saturated heterocycles. The normalized spacial score (nSPS) is 12.7. The van der Waals surface area contributed by atoms with E-state index in [1.54, 1.807) is 6.07 Å². The minimum Gasteiger partial charge on any atom is -0.348 e. The lowest BCUT2D eigenvalue weighted by Crippen LogP contribution is -2.46. The van der Waals surface area contributed by atoms with Crippen LogP contribution in [0.25, 0.3) is 0 Å². The molecular formula is C22H31N3O3S. The fourth-order valence-electron chi connectivity index (χ4n) is 3.28. The number of carbonyl (C=O) groups is 1. The zero-order valence-electron chi connectivity index (χ0n) is 18.3. The number of anilines is 1. The Kier molecular flexibility index (Phi) is 7.08. The van der Waals surface area contributed by atoms with Crippen molar-refractivity contribution in [1.82, 2.24) is 9.62 Å². The summed E-state index contributed by atoms with van der Waals surface area (Å²) >= 11 is 0. The topological polar surface area (TPSA) is 69.7 Å². The number of benzene rings is 2. The molecule has 0 bridgehead atoms. The van der Waals surface area contributed by atoms with E-state index in [2.05, 4.69) is 11.4 Å². The largest absolute Gasteiger partial charge is 0.348 e. The summed E-state index contributed by atoms with van der Waals surface area (Å²) in [7, 11) is -0.911. The molecule has 2 aromatic carbocycles. The van der Waals surface area contributed by atoms with Crippen LogP contribution in [0.3, 0.4) is 0 Å². The van der Waals surface area contributed by atoms with E-state index in [1.165, 1.54) is 18.4 Å². The van der Waals surface area contributed by atoms with Crippen LogP contribution in [-0.4, -0.2) is 39.3 Å². The first-order valence-electron chi connectivity index (χ1n) is 9.57. The molecule has 0 saturated carbocycles. The van der Waals surface area contributed by atoms with Crippen molar-refractivity contribution in [1.29, 1.82) is 0 Å². The zero-order valence-corrected chi connectivity index (χ0v) is 19.1. The fraction of sp³-hybridized carbons (Fsp3) is 0.409. The third-order valence-electron chi connectivity index (χ3n) is 4.93. The molecule has 1 atom stereocenters. The highest BCUT2D eigenvalue weighted by atomic mass is 32.2. The molecule has 0 heterocycles. The molecule has 0 radical (unpaired) electrons. The quantitative estimate of drug-likeness (QED) is 0.751. The molecule has 0 aliphatic heterocycles. The number of rotatable bonds is 7. The Balaban J connectivity index is 2.31. The molecule has 158 valence electrons. The average Bonchev–Trinajstić information content (AvgIpc) is 2.61. The van der Waals surface area contributed by atoms with Gasteiger partial charge in [0.05, 0.1) is 11.7 Å². The third-order valence-corrected chi connectivity index (χ3v) is 6.74. The predicted octanol–water partition coefficient (Wildman–Crippen LogP) is 3.41. The summed E-state index contributed by atoms with van der Waals surface area (Å²) < 4.78 is 28.2. The second-order valence-electron chi connectivity index (χ2n) is 7.74. The zero-order chi connectivity index (χ0) is 21.9. The average molecular weight is 418 g/mol. The number of hydrogen-bond donors (Lipinski definition) is 1. The Labute approximate surface area is 174 Å². The SMILES string of the molecule is Cc1ccc(C(C)NC(=O)CN(c2cc(C)ccc2C)S(=O)(=O)N(C)C)c(C)c1. The maximum absolute atomic E-state index is 12.9. The Morgan fingerprint density at radius 2 is 1.55 bits per heavy atom. The summed E-state index contributed by atoms with van der Waals surface area (Å²) in [5.74, 6) is -0.358. The maximum atomic E-state index is 12.9. The van der Waals surface area contributed by atoms with Crippen LogP contribution in [0.2, 0.25) is 0 Å². The standard InChI is InChI=1S/C22H31N3O3S/c1-15-9-11-20(18(4)12-15)19(5)23-22(26)14-25(29(27,28)24(6)7)21-13-16(2)8-10-17(21)3/h8-13,19H,14H2,1-7H3,(H,23,26). The first-order chi connectivity index (χ1) is 13.4. The van der Waals surface area contributed by atoms with Gasteiger partial charge in [0.1, 0.15) is 6.54 Å². The molecule has 0 fully saturated rings. The molecular weight excluding hydrogens is 386 g/mol. The van der Waals surface area contributed by atoms with Crippen LogP contribution in [0.15, 0.2) is 36.4 Å². The number of nitrogens with zero attached hydrogens (tertiary/aromatic N) is 2. The molecule has 2 aromatic rings. The van der Waals surface area contributed by atoms with E-state index >= 15 is 0 Å². The van der Waals surface area contributed by atoms with Crippen molar-refractivity contribution >= 4 is 21.8 Å². The molecule has 6 nitrogen and oxygen atoms in total. The van der Waals surface area contributed by atoms with E-state index < -0.39 is 10.2 Å². The lowest BCUT2D eigenvalue weighted by atomic mass is 10.0. The van der Waals surface area contributed by atoms with E-state index in [0.717, 1.165) is 32.1 Å². The minimum absolute atomic E-state index is 0.231. The lowest BCUT2D eigenvalue weighted by Gasteiger charge is -2.29. The number of aryl methyl sites for hydroxylation is 4. The van der Waals surface area contributed by atoms with Gasteiger partial charge in [-0.05, 0) is 62.9 Å². The summed E-state index contributed by atoms with van der Waals surface area (Å²) in [4.78, 5) is 12.8. The highest BCUT2D eigenvalue weighted by molar-refractivity contribution is 7.90. The molecule has 0 aliphatic carbocycles. The molecule has 0 aliphatic rings. The number of amides is 1. The summed E-state index contributed by atoms with van der Waals surface area (Å²) in [6.45, 7) is 9.37. The van der Waals surface area contributed by atoms with Gasteiger partial charge in [0, 0.05) is 14.1 Å². The van der Waals surface area contributed by atoms with Crippen LogP contribution < -0.4 is 9.62 Å². The number of nitrogens with one attached hydrogen (secondary N) is 1. The van der Waals surface area contributed by atoms with Gasteiger partial charge in [-0.2, -0.15) is 12.7 Å². The Bertz CT molecular complexity index is 1000. The van der Waals surface area contributed by atoms with Gasteiger partial charge in [0.15, 0.2) is 0 Å². The molecule has 1 N–H and O–H groups in total. The predicted molar refractivity (Wildman–Crippen MR) is 118 cm³/mol. The van der Waals surface area contributed by atoms with Gasteiger partial charge in [-0.3, -0.25) is 4.79 Å². The number of hydrogen-bond acceptors (Lipinski definition) is 3. The minimum atomic E-state index is -3.83. The molecule has 7 heteroatoms. The van der Waals surface area contributed by atoms with Gasteiger partial charge >= 0.3 is 10.2 Å². The summed E-state index contributed by atoms with van der Waals surface area (Å²) in [5.41, 5.74) is 5.48. The highest BCUT2D eigenvalue weighted by Crippen LogP contribution is 2.25. The van der Waals surface area contributed by atoms with Gasteiger partial charge in [0.25, 0.3) is 0 Å². The van der Waals surface area contributed by atoms with E-state index in [1.807, 2.05) is 58.9 Å². The van der Waals surface area contributed by atoms with Crippen LogP contribution in [0.5, 0.6) is 0 Å². The number of carbonyl (C=O) groups excluding carboxylic acids is 1. The Morgan fingerprint density at radius 3 is 2.14 bits per heavy atom. The Hall–Kier alpha value is -2.38. The van der Waals surface area contributed by atoms with Crippen LogP contribution in [0.1, 0.15) is 40.8 Å². The van der Waals surface area contributed by atoms with Crippen molar-refractivity contribution in [3.8, 4) is 0 Å². The second kappa shape index (κ2) is 8.97. The van der Waals surface area contributed by atoms with Crippen LogP contribution >= 0.6 is 0 Å². The molecule has 1 unspecified atom stereocenters. The molecule has 0 aromatic heterocycles. The molecule has 1 amide bonds. The molecule has 2 rings (SSSR count). The van der Waals surface area contributed by atoms with Gasteiger partial charge < -0.3 is 5.32 Å². The van der Waals surface area contributed by atoms with Gasteiger partial charge in [-0.1, -0.05) is 35.9 Å². The van der Waals surface area contributed by atoms with Crippen molar-refractivity contribution in [3.63, 3.8) is 0 Å². The van der Waals surface area contributed by atoms with E-state index in [9.17, 15) is 13.2 Å². The molecule has 0 spiro atoms. The highest BCUT2D eigenvalue weighted by Gasteiger charge is 2.29. The van der Waals surface area contributed by atoms with Crippen molar-refractivity contribution in [2.75, 3.05) is 24.9 Å². The smallest absolute Gasteiger partial charge is 0.304 e. The van der Waals surface area contributed by atoms with Crippen LogP contribution in [-0.2, 0) is 15.0 Å². The lowest BCUT2D eigenvalue weighted by molar-refractivity contribution is -0.120. The first kappa shape index (κ1) is 22.9. The van der Waals surface area contributed by atoms with Crippen molar-refractivity contribution in [2.45, 2.75) is 40.7 Å². The van der Waals surface area contributed by atoms with Gasteiger partial charge in [-0.15, -0.1) is 0 Å². The second-order valence-corrected chi connectivity index (χ2v) is 9.80. The maximum Gasteiger partial charge on any atom is 0.304 e. The van der Waals surface area contributed by atoms with Gasteiger partial charge in [-0.25, -0.2) is 4.31 Å². The summed E-state index contributed by atoms with van der Waals surface area (Å²) in [5, 5.41) is 2.94.